The van der Waals surface area contributed by atoms with E-state index >= 15 is 0 Å². The third-order valence-corrected chi connectivity index (χ3v) is 4.34. The van der Waals surface area contributed by atoms with Crippen LogP contribution in [-0.4, -0.2) is 40.6 Å². The van der Waals surface area contributed by atoms with Crippen LogP contribution in [-0.2, 0) is 11.2 Å². The molecule has 1 unspecified atom stereocenters. The fourth-order valence-electron chi connectivity index (χ4n) is 2.82. The molecule has 1 aliphatic rings. The lowest BCUT2D eigenvalue weighted by molar-refractivity contribution is -0.132. The van der Waals surface area contributed by atoms with E-state index < -0.39 is 0 Å². The third-order valence-electron chi connectivity index (χ3n) is 4.34. The topological polar surface area (TPSA) is 53.4 Å². The first-order valence-corrected chi connectivity index (χ1v) is 7.48. The molecular formula is C16H24N2O2. The van der Waals surface area contributed by atoms with E-state index in [-0.39, 0.29) is 12.5 Å². The first kappa shape index (κ1) is 15.0. The van der Waals surface area contributed by atoms with Gasteiger partial charge in [-0.05, 0) is 42.7 Å². The first-order valence-electron chi connectivity index (χ1n) is 7.48. The predicted octanol–water partition coefficient (Wildman–Crippen LogP) is 1.88. The molecule has 1 N–H and O–H groups in total. The van der Waals surface area contributed by atoms with Crippen LogP contribution in [0.2, 0.25) is 0 Å². The predicted molar refractivity (Wildman–Crippen MR) is 78.1 cm³/mol. The second-order valence-electron chi connectivity index (χ2n) is 5.74. The molecule has 4 nitrogen and oxygen atoms in total. The Labute approximate surface area is 120 Å². The molecule has 2 rings (SSSR count). The normalized spacial score (nSPS) is 18.0. The van der Waals surface area contributed by atoms with E-state index in [1.54, 1.807) is 6.20 Å². The summed E-state index contributed by atoms with van der Waals surface area (Å²) in [6, 6.07) is 3.91. The number of hydrogen-bond donors (Lipinski definition) is 1. The maximum absolute atomic E-state index is 12.2. The molecule has 110 valence electrons. The molecule has 1 aromatic heterocycles. The number of rotatable bonds is 5. The Balaban J connectivity index is 1.75. The Hall–Kier alpha value is -1.42. The van der Waals surface area contributed by atoms with Gasteiger partial charge >= 0.3 is 0 Å². The molecule has 20 heavy (non-hydrogen) atoms. The number of aliphatic hydroxyl groups is 1. The minimum Gasteiger partial charge on any atom is -0.396 e. The van der Waals surface area contributed by atoms with Crippen molar-refractivity contribution in [3.05, 3.63) is 30.1 Å². The zero-order valence-corrected chi connectivity index (χ0v) is 12.2. The standard InChI is InChI=1S/C16H24N2O2/c1-13(12-19)15-6-9-18(10-7-15)16(20)5-4-14-3-2-8-17-11-14/h2-3,8,11,13,15,19H,4-7,9-10,12H2,1H3. The molecule has 1 aromatic rings. The highest BCUT2D eigenvalue weighted by atomic mass is 16.3. The van der Waals surface area contributed by atoms with Crippen LogP contribution in [0.15, 0.2) is 24.5 Å². The number of carbonyl (C=O) groups is 1. The number of pyridine rings is 1. The molecule has 4 heteroatoms. The van der Waals surface area contributed by atoms with Gasteiger partial charge < -0.3 is 10.0 Å². The zero-order chi connectivity index (χ0) is 14.4. The van der Waals surface area contributed by atoms with Gasteiger partial charge in [0.05, 0.1) is 0 Å². The van der Waals surface area contributed by atoms with Crippen molar-refractivity contribution < 1.29 is 9.90 Å². The molecule has 0 aliphatic carbocycles. The van der Waals surface area contributed by atoms with Crippen molar-refractivity contribution in [3.63, 3.8) is 0 Å². The summed E-state index contributed by atoms with van der Waals surface area (Å²) in [5.41, 5.74) is 1.12. The van der Waals surface area contributed by atoms with Gasteiger partial charge in [-0.2, -0.15) is 0 Å². The Morgan fingerprint density at radius 1 is 1.50 bits per heavy atom. The average Bonchev–Trinajstić information content (AvgIpc) is 2.53. The number of carbonyl (C=O) groups excluding carboxylic acids is 1. The van der Waals surface area contributed by atoms with Crippen LogP contribution < -0.4 is 0 Å². The molecular weight excluding hydrogens is 252 g/mol. The minimum atomic E-state index is 0.240. The minimum absolute atomic E-state index is 0.240. The average molecular weight is 276 g/mol. The first-order chi connectivity index (χ1) is 9.70. The molecule has 2 heterocycles. The molecule has 0 bridgehead atoms. The van der Waals surface area contributed by atoms with Crippen molar-refractivity contribution in [2.45, 2.75) is 32.6 Å². The Kier molecular flexibility index (Phi) is 5.53. The van der Waals surface area contributed by atoms with Gasteiger partial charge in [-0.1, -0.05) is 13.0 Å². The number of aryl methyl sites for hydroxylation is 1. The van der Waals surface area contributed by atoms with E-state index in [0.717, 1.165) is 37.9 Å². The summed E-state index contributed by atoms with van der Waals surface area (Å²) in [5, 5.41) is 9.19. The second kappa shape index (κ2) is 7.39. The fraction of sp³-hybridized carbons (Fsp3) is 0.625. The maximum Gasteiger partial charge on any atom is 0.222 e. The number of likely N-dealkylation sites (tertiary alicyclic amines) is 1. The molecule has 1 fully saturated rings. The van der Waals surface area contributed by atoms with Crippen molar-refractivity contribution in [2.24, 2.45) is 11.8 Å². The largest absolute Gasteiger partial charge is 0.396 e. The summed E-state index contributed by atoms with van der Waals surface area (Å²) in [7, 11) is 0. The maximum atomic E-state index is 12.2. The highest BCUT2D eigenvalue weighted by molar-refractivity contribution is 5.76. The van der Waals surface area contributed by atoms with Crippen LogP contribution in [0.3, 0.4) is 0 Å². The zero-order valence-electron chi connectivity index (χ0n) is 12.2. The highest BCUT2D eigenvalue weighted by Crippen LogP contribution is 2.25. The summed E-state index contributed by atoms with van der Waals surface area (Å²) in [6.45, 7) is 4.01. The van der Waals surface area contributed by atoms with Gasteiger partial charge in [-0.3, -0.25) is 9.78 Å². The van der Waals surface area contributed by atoms with E-state index in [2.05, 4.69) is 11.9 Å². The summed E-state index contributed by atoms with van der Waals surface area (Å²) in [5.74, 6) is 1.15. The van der Waals surface area contributed by atoms with Crippen molar-refractivity contribution in [2.75, 3.05) is 19.7 Å². The van der Waals surface area contributed by atoms with Crippen LogP contribution in [0.1, 0.15) is 31.7 Å². The summed E-state index contributed by atoms with van der Waals surface area (Å²) in [4.78, 5) is 18.2. The Morgan fingerprint density at radius 2 is 2.25 bits per heavy atom. The van der Waals surface area contributed by atoms with E-state index in [0.29, 0.717) is 18.3 Å². The number of amides is 1. The van der Waals surface area contributed by atoms with Gasteiger partial charge in [0, 0.05) is 38.5 Å². The van der Waals surface area contributed by atoms with Crippen LogP contribution in [0.25, 0.3) is 0 Å². The molecule has 0 spiro atoms. The third kappa shape index (κ3) is 4.04. The van der Waals surface area contributed by atoms with E-state index in [1.165, 1.54) is 0 Å². The van der Waals surface area contributed by atoms with Gasteiger partial charge in [-0.25, -0.2) is 0 Å². The van der Waals surface area contributed by atoms with Gasteiger partial charge in [0.15, 0.2) is 0 Å². The molecule has 0 aromatic carbocycles. The van der Waals surface area contributed by atoms with Gasteiger partial charge in [0.25, 0.3) is 0 Å². The van der Waals surface area contributed by atoms with Crippen molar-refractivity contribution in [3.8, 4) is 0 Å². The Bertz CT molecular complexity index is 414. The smallest absolute Gasteiger partial charge is 0.222 e. The molecule has 1 saturated heterocycles. The fourth-order valence-corrected chi connectivity index (χ4v) is 2.82. The number of hydrogen-bond acceptors (Lipinski definition) is 3. The van der Waals surface area contributed by atoms with E-state index in [9.17, 15) is 9.90 Å². The lowest BCUT2D eigenvalue weighted by atomic mass is 9.86. The van der Waals surface area contributed by atoms with Crippen molar-refractivity contribution >= 4 is 5.91 Å². The van der Waals surface area contributed by atoms with Crippen molar-refractivity contribution in [1.82, 2.24) is 9.88 Å². The molecule has 1 atom stereocenters. The van der Waals surface area contributed by atoms with Gasteiger partial charge in [-0.15, -0.1) is 0 Å². The highest BCUT2D eigenvalue weighted by Gasteiger charge is 2.25. The van der Waals surface area contributed by atoms with Crippen LogP contribution in [0.5, 0.6) is 0 Å². The second-order valence-corrected chi connectivity index (χ2v) is 5.74. The number of nitrogens with zero attached hydrogens (tertiary/aromatic N) is 2. The molecule has 0 radical (unpaired) electrons. The summed E-state index contributed by atoms with van der Waals surface area (Å²) < 4.78 is 0. The quantitative estimate of drug-likeness (QED) is 0.893. The number of aliphatic hydroxyl groups excluding tert-OH is 1. The monoisotopic (exact) mass is 276 g/mol. The summed E-state index contributed by atoms with van der Waals surface area (Å²) >= 11 is 0. The lowest BCUT2D eigenvalue weighted by Gasteiger charge is -2.34. The molecule has 1 amide bonds. The summed E-state index contributed by atoms with van der Waals surface area (Å²) in [6.07, 6.45) is 6.92. The SMILES string of the molecule is CC(CO)C1CCN(C(=O)CCc2cccnc2)CC1. The van der Waals surface area contributed by atoms with E-state index in [1.807, 2.05) is 23.2 Å². The van der Waals surface area contributed by atoms with Crippen molar-refractivity contribution in [1.29, 1.82) is 0 Å². The van der Waals surface area contributed by atoms with Crippen LogP contribution in [0.4, 0.5) is 0 Å². The van der Waals surface area contributed by atoms with Gasteiger partial charge in [0.2, 0.25) is 5.91 Å². The number of aromatic nitrogens is 1. The van der Waals surface area contributed by atoms with Gasteiger partial charge in [0.1, 0.15) is 0 Å². The van der Waals surface area contributed by atoms with Crippen LogP contribution >= 0.6 is 0 Å². The Morgan fingerprint density at radius 3 is 2.85 bits per heavy atom. The van der Waals surface area contributed by atoms with E-state index in [4.69, 9.17) is 0 Å². The lowest BCUT2D eigenvalue weighted by Crippen LogP contribution is -2.40. The molecule has 0 saturated carbocycles. The molecule has 1 aliphatic heterocycles. The van der Waals surface area contributed by atoms with Crippen LogP contribution in [0, 0.1) is 11.8 Å². The number of piperidine rings is 1.